The summed E-state index contributed by atoms with van der Waals surface area (Å²) in [5.41, 5.74) is 3.67. The summed E-state index contributed by atoms with van der Waals surface area (Å²) in [4.78, 5) is 105. The molecule has 0 radical (unpaired) electrons. The van der Waals surface area contributed by atoms with Crippen LogP contribution in [0.4, 0.5) is 10.2 Å². The van der Waals surface area contributed by atoms with Crippen molar-refractivity contribution < 1.29 is 37.9 Å². The molecule has 19 nitrogen and oxygen atoms in total. The lowest BCUT2D eigenvalue weighted by Gasteiger charge is -2.48. The maximum Gasteiger partial charge on any atom is 0.263 e. The number of rotatable bonds is 19. The zero-order valence-electron chi connectivity index (χ0n) is 47.7. The Morgan fingerprint density at radius 3 is 2.27 bits per heavy atom. The molecule has 21 heteroatoms. The second-order valence-corrected chi connectivity index (χ2v) is 24.1. The van der Waals surface area contributed by atoms with Crippen molar-refractivity contribution >= 4 is 52.8 Å². The lowest BCUT2D eigenvalue weighted by atomic mass is 9.83. The largest absolute Gasteiger partial charge is 0.380 e. The van der Waals surface area contributed by atoms with Gasteiger partial charge in [0.05, 0.1) is 54.8 Å². The number of halogens is 1. The molecule has 0 bridgehead atoms. The Balaban J connectivity index is 0.710. The quantitative estimate of drug-likeness (QED) is 0.0847. The van der Waals surface area contributed by atoms with Crippen molar-refractivity contribution in [3.05, 3.63) is 97.5 Å². The van der Waals surface area contributed by atoms with Crippen LogP contribution < -0.4 is 32.1 Å². The molecule has 4 fully saturated rings. The molecule has 2 saturated carbocycles. The highest BCUT2D eigenvalue weighted by molar-refractivity contribution is 8.03. The van der Waals surface area contributed by atoms with Gasteiger partial charge in [0.1, 0.15) is 29.5 Å². The lowest BCUT2D eigenvalue weighted by Crippen LogP contribution is -2.64. The van der Waals surface area contributed by atoms with Gasteiger partial charge in [-0.1, -0.05) is 32.1 Å². The van der Waals surface area contributed by atoms with Crippen LogP contribution in [-0.2, 0) is 30.5 Å². The summed E-state index contributed by atoms with van der Waals surface area (Å²) in [6, 6.07) is 3.62. The van der Waals surface area contributed by atoms with Gasteiger partial charge in [0.25, 0.3) is 5.56 Å². The Labute approximate surface area is 473 Å². The first-order valence-electron chi connectivity index (χ1n) is 29.0. The van der Waals surface area contributed by atoms with Crippen molar-refractivity contribution in [2.24, 2.45) is 5.92 Å². The molecule has 9 rings (SSSR count). The first-order chi connectivity index (χ1) is 38.3. The van der Waals surface area contributed by atoms with Crippen LogP contribution in [0.2, 0.25) is 0 Å². The van der Waals surface area contributed by atoms with Gasteiger partial charge in [-0.2, -0.15) is 0 Å². The molecule has 4 amide bonds. The van der Waals surface area contributed by atoms with E-state index in [9.17, 15) is 38.0 Å². The Bertz CT molecular complexity index is 2840. The molecule has 5 aliphatic heterocycles. The third-order valence-electron chi connectivity index (χ3n) is 17.8. The number of nitrogens with zero attached hydrogens (tertiary/aromatic N) is 6. The van der Waals surface area contributed by atoms with Crippen LogP contribution in [0.5, 0.6) is 0 Å². The van der Waals surface area contributed by atoms with Crippen molar-refractivity contribution in [2.45, 2.75) is 166 Å². The summed E-state index contributed by atoms with van der Waals surface area (Å²) in [6.07, 6.45) is 14.4. The van der Waals surface area contributed by atoms with E-state index in [2.05, 4.69) is 56.3 Å². The molecule has 2 saturated heterocycles. The summed E-state index contributed by atoms with van der Waals surface area (Å²) in [6.45, 7) is 13.0. The fourth-order valence-corrected chi connectivity index (χ4v) is 13.9. The third-order valence-corrected chi connectivity index (χ3v) is 18.9. The summed E-state index contributed by atoms with van der Waals surface area (Å²) in [5, 5.41) is 18.9. The Morgan fingerprint density at radius 2 is 1.59 bits per heavy atom. The highest BCUT2D eigenvalue weighted by atomic mass is 32.2. The van der Waals surface area contributed by atoms with Gasteiger partial charge in [0, 0.05) is 74.6 Å². The van der Waals surface area contributed by atoms with Crippen molar-refractivity contribution in [1.29, 1.82) is 0 Å². The van der Waals surface area contributed by atoms with E-state index in [1.165, 1.54) is 47.9 Å². The van der Waals surface area contributed by atoms with Gasteiger partial charge in [0.2, 0.25) is 29.4 Å². The third kappa shape index (κ3) is 12.6. The minimum absolute atomic E-state index is 0.0162. The van der Waals surface area contributed by atoms with Crippen molar-refractivity contribution in [1.82, 2.24) is 50.3 Å². The van der Waals surface area contributed by atoms with E-state index in [0.29, 0.717) is 50.5 Å². The molecule has 0 spiro atoms. The summed E-state index contributed by atoms with van der Waals surface area (Å²) >= 11 is 1.45. The van der Waals surface area contributed by atoms with Crippen LogP contribution in [0.1, 0.15) is 149 Å². The molecule has 5 N–H and O–H groups in total. The maximum absolute atomic E-state index is 14.6. The highest BCUT2D eigenvalue weighted by Gasteiger charge is 2.44. The number of likely N-dealkylation sites (tertiary alicyclic amines) is 1. The zero-order chi connectivity index (χ0) is 57.0. The standard InChI is InChI=1S/C59H82FN11O8S/c1-36-44-34-66(6)59(5,65-54(44)71(43-16-11-12-17-43)57(77)51(36)39(4)72)64-48-24-23-46(37(2)61-48)68-28-30-69(31-29-68)50(74)26-33-79-32-25-49(73)67(7)38(3)55(76)63-52(40-14-9-8-10-15-40)58(78)70-27-13-18-47(70)56-62-45(35-80-56)53(75)41-19-21-42(60)22-20-41/h19-24,35,37-38,40,43,47,52,56,61-62,64-65H,8-18,25-34H2,1-7H3,(H,63,76)/t37?,38-,47-,52-,56?,59?/m0/s1. The first kappa shape index (κ1) is 58.5. The predicted molar refractivity (Wildman–Crippen MR) is 305 cm³/mol. The van der Waals surface area contributed by atoms with Gasteiger partial charge in [-0.15, -0.1) is 11.8 Å². The number of pyridine rings is 1. The Hall–Kier alpha value is -6.19. The SMILES string of the molecule is CC(=O)c1c(C)c2c(n(C3CCCC3)c1=O)NC(C)(NC1=CC=C(N3CCN(C(=O)CCOCCC(=O)N(C)[C@@H](C)C(=O)N[C@H](C(=O)N4CCC[C@H]4C4NC(C(=O)c5ccc(F)cc5)=CS4)C4CCCCC4)CC3)C(C)N1)N(C)C2. The van der Waals surface area contributed by atoms with Crippen LogP contribution in [-0.4, -0.2) is 160 Å². The number of thioether (sulfide) groups is 1. The van der Waals surface area contributed by atoms with E-state index in [4.69, 9.17) is 4.74 Å². The molecule has 2 aromatic rings. The van der Waals surface area contributed by atoms with Gasteiger partial charge < -0.3 is 50.9 Å². The number of hydrogen-bond donors (Lipinski definition) is 5. The molecule has 1 aromatic carbocycles. The minimum atomic E-state index is -0.855. The highest BCUT2D eigenvalue weighted by Crippen LogP contribution is 2.39. The summed E-state index contributed by atoms with van der Waals surface area (Å²) in [5.74, 6) is -0.926. The van der Waals surface area contributed by atoms with Gasteiger partial charge in [-0.3, -0.25) is 43.0 Å². The molecule has 6 heterocycles. The van der Waals surface area contributed by atoms with Crippen LogP contribution >= 0.6 is 11.8 Å². The zero-order valence-corrected chi connectivity index (χ0v) is 48.5. The van der Waals surface area contributed by atoms with E-state index in [1.807, 2.05) is 34.4 Å². The van der Waals surface area contributed by atoms with Crippen molar-refractivity contribution in [3.63, 3.8) is 0 Å². The van der Waals surface area contributed by atoms with Gasteiger partial charge in [0.15, 0.2) is 11.6 Å². The molecule has 1 aromatic heterocycles. The molecule has 2 aliphatic carbocycles. The number of likely N-dealkylation sites (N-methyl/N-ethyl adjacent to an activating group) is 1. The number of dihydropyridines is 1. The van der Waals surface area contributed by atoms with Crippen LogP contribution in [0.15, 0.2) is 63.8 Å². The van der Waals surface area contributed by atoms with Crippen molar-refractivity contribution in [2.75, 3.05) is 65.3 Å². The average molecular weight is 1120 g/mol. The number of allylic oxidation sites excluding steroid dienone is 3. The second-order valence-electron chi connectivity index (χ2n) is 23.1. The molecule has 434 valence electrons. The average Bonchev–Trinajstić information content (AvgIpc) is 4.30. The number of carbonyl (C=O) groups is 6. The summed E-state index contributed by atoms with van der Waals surface area (Å²) < 4.78 is 21.2. The number of ketones is 2. The number of hydrogen-bond acceptors (Lipinski definition) is 15. The number of anilines is 1. The van der Waals surface area contributed by atoms with Crippen LogP contribution in [0, 0.1) is 18.7 Å². The van der Waals surface area contributed by atoms with Gasteiger partial charge in [-0.05, 0) is 128 Å². The van der Waals surface area contributed by atoms with E-state index in [1.54, 1.807) is 19.4 Å². The normalized spacial score (nSPS) is 24.3. The number of aromatic nitrogens is 1. The van der Waals surface area contributed by atoms with E-state index < -0.39 is 29.6 Å². The number of nitrogens with one attached hydrogen (secondary N) is 5. The molecule has 7 aliphatic rings. The smallest absolute Gasteiger partial charge is 0.263 e. The number of amides is 4. The molecule has 3 unspecified atom stereocenters. The molecular formula is C59H82FN11O8S. The fourth-order valence-electron chi connectivity index (χ4n) is 12.8. The van der Waals surface area contributed by atoms with Crippen LogP contribution in [0.3, 0.4) is 0 Å². The van der Waals surface area contributed by atoms with Crippen molar-refractivity contribution in [3.8, 4) is 0 Å². The number of benzene rings is 1. The van der Waals surface area contributed by atoms with Gasteiger partial charge in [-0.25, -0.2) is 4.39 Å². The second kappa shape index (κ2) is 25.3. The monoisotopic (exact) mass is 1120 g/mol. The number of fused-ring (bicyclic) bond motifs is 1. The first-order valence-corrected chi connectivity index (χ1v) is 29.9. The number of piperazine rings is 1. The Morgan fingerprint density at radius 1 is 0.900 bits per heavy atom. The summed E-state index contributed by atoms with van der Waals surface area (Å²) in [7, 11) is 3.60. The number of Topliss-reactive ketones (excluding diaryl/α,β-unsaturated/α-hetero) is 2. The van der Waals surface area contributed by atoms with Crippen LogP contribution in [0.25, 0.3) is 0 Å². The molecule has 80 heavy (non-hydrogen) atoms. The van der Waals surface area contributed by atoms with Gasteiger partial charge >= 0.3 is 0 Å². The minimum Gasteiger partial charge on any atom is -0.380 e. The van der Waals surface area contributed by atoms with E-state index >= 15 is 0 Å². The van der Waals surface area contributed by atoms with E-state index in [-0.39, 0.29) is 95.9 Å². The topological polar surface area (TPSA) is 210 Å². The Kier molecular flexibility index (Phi) is 18.5. The number of carbonyl (C=O) groups excluding carboxylic acids is 6. The fraction of sp³-hybridized carbons (Fsp3) is 0.610. The molecular weight excluding hydrogens is 1040 g/mol. The lowest BCUT2D eigenvalue weighted by molar-refractivity contribution is -0.143. The van der Waals surface area contributed by atoms with E-state index in [0.717, 1.165) is 99.1 Å². The number of ether oxygens (including phenoxy) is 1. The maximum atomic E-state index is 14.6. The molecule has 6 atom stereocenters. The predicted octanol–water partition coefficient (Wildman–Crippen LogP) is 5.68.